The van der Waals surface area contributed by atoms with Crippen LogP contribution in [-0.4, -0.2) is 5.91 Å². The third kappa shape index (κ3) is 2.02. The third-order valence-electron chi connectivity index (χ3n) is 2.59. The Morgan fingerprint density at radius 3 is 2.94 bits per heavy atom. The molecular formula is C13H8INOS. The lowest BCUT2D eigenvalue weighted by atomic mass is 10.1. The number of hydrogen-bond acceptors (Lipinski definition) is 2. The van der Waals surface area contributed by atoms with Crippen LogP contribution in [0.4, 0.5) is 5.69 Å². The van der Waals surface area contributed by atoms with Crippen LogP contribution in [0.5, 0.6) is 0 Å². The molecule has 1 aromatic heterocycles. The zero-order valence-corrected chi connectivity index (χ0v) is 11.7. The highest BCUT2D eigenvalue weighted by atomic mass is 127. The number of fused-ring (bicyclic) bond motifs is 1. The molecule has 0 saturated carbocycles. The highest BCUT2D eigenvalue weighted by Gasteiger charge is 2.23. The molecule has 0 unspecified atom stereocenters. The molecule has 1 aliphatic rings. The monoisotopic (exact) mass is 353 g/mol. The second-order valence-electron chi connectivity index (χ2n) is 3.72. The Bertz CT molecular complexity index is 616. The van der Waals surface area contributed by atoms with Gasteiger partial charge in [-0.25, -0.2) is 0 Å². The lowest BCUT2D eigenvalue weighted by Gasteiger charge is -1.98. The van der Waals surface area contributed by atoms with Crippen molar-refractivity contribution in [2.45, 2.75) is 0 Å². The Morgan fingerprint density at radius 1 is 1.29 bits per heavy atom. The molecule has 2 heterocycles. The largest absolute Gasteiger partial charge is 0.321 e. The molecule has 1 amide bonds. The van der Waals surface area contributed by atoms with Gasteiger partial charge in [-0.3, -0.25) is 4.79 Å². The Kier molecular flexibility index (Phi) is 2.76. The van der Waals surface area contributed by atoms with E-state index in [0.717, 1.165) is 25.3 Å². The first kappa shape index (κ1) is 11.0. The zero-order chi connectivity index (χ0) is 11.8. The summed E-state index contributed by atoms with van der Waals surface area (Å²) in [6, 6.07) is 9.97. The predicted octanol–water partition coefficient (Wildman–Crippen LogP) is 3.85. The minimum atomic E-state index is -0.0181. The van der Waals surface area contributed by atoms with Crippen LogP contribution < -0.4 is 5.32 Å². The summed E-state index contributed by atoms with van der Waals surface area (Å²) in [7, 11) is 0. The van der Waals surface area contributed by atoms with E-state index in [9.17, 15) is 4.79 Å². The van der Waals surface area contributed by atoms with Gasteiger partial charge in [0.2, 0.25) is 0 Å². The van der Waals surface area contributed by atoms with Gasteiger partial charge in [0.25, 0.3) is 5.91 Å². The summed E-state index contributed by atoms with van der Waals surface area (Å²) in [6.07, 6.45) is 1.95. The smallest absolute Gasteiger partial charge is 0.256 e. The van der Waals surface area contributed by atoms with Crippen LogP contribution in [0.2, 0.25) is 0 Å². The summed E-state index contributed by atoms with van der Waals surface area (Å²) in [5.41, 5.74) is 2.65. The highest BCUT2D eigenvalue weighted by Crippen LogP contribution is 2.34. The first-order valence-corrected chi connectivity index (χ1v) is 7.06. The normalized spacial score (nSPS) is 16.1. The topological polar surface area (TPSA) is 29.1 Å². The first-order valence-electron chi connectivity index (χ1n) is 5.10. The van der Waals surface area contributed by atoms with Crippen LogP contribution in [0.25, 0.3) is 11.6 Å². The van der Waals surface area contributed by atoms with Gasteiger partial charge >= 0.3 is 0 Å². The van der Waals surface area contributed by atoms with Crippen LogP contribution in [0.3, 0.4) is 0 Å². The fourth-order valence-electron chi connectivity index (χ4n) is 1.82. The maximum atomic E-state index is 11.9. The molecule has 4 heteroatoms. The number of thiophene rings is 1. The van der Waals surface area contributed by atoms with Crippen molar-refractivity contribution in [3.63, 3.8) is 0 Å². The van der Waals surface area contributed by atoms with Crippen molar-refractivity contribution >= 4 is 57.2 Å². The van der Waals surface area contributed by atoms with E-state index in [1.54, 1.807) is 11.3 Å². The summed E-state index contributed by atoms with van der Waals surface area (Å²) < 4.78 is 1.13. The van der Waals surface area contributed by atoms with Gasteiger partial charge in [0, 0.05) is 19.7 Å². The van der Waals surface area contributed by atoms with Crippen LogP contribution in [0.15, 0.2) is 35.7 Å². The van der Waals surface area contributed by atoms with Crippen LogP contribution in [0, 0.1) is 3.57 Å². The van der Waals surface area contributed by atoms with Crippen LogP contribution in [-0.2, 0) is 4.79 Å². The van der Waals surface area contributed by atoms with Gasteiger partial charge in [0.05, 0.1) is 5.57 Å². The van der Waals surface area contributed by atoms with Gasteiger partial charge in [0.1, 0.15) is 0 Å². The average Bonchev–Trinajstić information content (AvgIpc) is 2.90. The molecule has 1 aromatic carbocycles. The Morgan fingerprint density at radius 2 is 2.18 bits per heavy atom. The quantitative estimate of drug-likeness (QED) is 0.613. The number of carbonyl (C=O) groups excluding carboxylic acids is 1. The minimum absolute atomic E-state index is 0.0181. The van der Waals surface area contributed by atoms with E-state index in [1.165, 1.54) is 0 Å². The van der Waals surface area contributed by atoms with E-state index in [-0.39, 0.29) is 5.91 Å². The van der Waals surface area contributed by atoms with Crippen molar-refractivity contribution < 1.29 is 4.79 Å². The summed E-state index contributed by atoms with van der Waals surface area (Å²) >= 11 is 3.89. The molecule has 0 spiro atoms. The van der Waals surface area contributed by atoms with Gasteiger partial charge in [0.15, 0.2) is 0 Å². The van der Waals surface area contributed by atoms with Crippen LogP contribution in [0.1, 0.15) is 10.4 Å². The summed E-state index contributed by atoms with van der Waals surface area (Å²) in [5, 5.41) is 4.89. The lowest BCUT2D eigenvalue weighted by Crippen LogP contribution is -2.03. The molecule has 1 aliphatic heterocycles. The van der Waals surface area contributed by atoms with Crippen LogP contribution >= 0.6 is 33.9 Å². The van der Waals surface area contributed by atoms with Crippen molar-refractivity contribution in [2.24, 2.45) is 0 Å². The summed E-state index contributed by atoms with van der Waals surface area (Å²) in [6.45, 7) is 0. The van der Waals surface area contributed by atoms with Crippen molar-refractivity contribution in [2.75, 3.05) is 5.32 Å². The van der Waals surface area contributed by atoms with E-state index in [4.69, 9.17) is 0 Å². The second kappa shape index (κ2) is 4.27. The van der Waals surface area contributed by atoms with Gasteiger partial charge in [-0.15, -0.1) is 11.3 Å². The van der Waals surface area contributed by atoms with Crippen molar-refractivity contribution in [1.82, 2.24) is 0 Å². The number of nitrogens with one attached hydrogen (secondary N) is 1. The van der Waals surface area contributed by atoms with Gasteiger partial charge in [-0.05, 0) is 58.3 Å². The Balaban J connectivity index is 2.13. The Hall–Kier alpha value is -1.14. The van der Waals surface area contributed by atoms with Crippen molar-refractivity contribution in [1.29, 1.82) is 0 Å². The lowest BCUT2D eigenvalue weighted by molar-refractivity contribution is -0.110. The van der Waals surface area contributed by atoms with E-state index < -0.39 is 0 Å². The van der Waals surface area contributed by atoms with E-state index in [0.29, 0.717) is 0 Å². The fourth-order valence-corrected chi connectivity index (χ4v) is 2.97. The van der Waals surface area contributed by atoms with E-state index in [1.807, 2.05) is 41.8 Å². The molecule has 0 radical (unpaired) electrons. The average molecular weight is 353 g/mol. The molecular weight excluding hydrogens is 345 g/mol. The van der Waals surface area contributed by atoms with Gasteiger partial charge < -0.3 is 5.32 Å². The van der Waals surface area contributed by atoms with Crippen molar-refractivity contribution in [3.05, 3.63) is 49.7 Å². The summed E-state index contributed by atoms with van der Waals surface area (Å²) in [5.74, 6) is -0.0181. The molecule has 0 fully saturated rings. The number of anilines is 1. The highest BCUT2D eigenvalue weighted by molar-refractivity contribution is 14.1. The number of hydrogen-bond donors (Lipinski definition) is 1. The predicted molar refractivity (Wildman–Crippen MR) is 80.0 cm³/mol. The number of benzene rings is 1. The Labute approximate surface area is 117 Å². The third-order valence-corrected chi connectivity index (χ3v) is 4.08. The maximum absolute atomic E-state index is 11.9. The number of rotatable bonds is 1. The molecule has 1 N–H and O–H groups in total. The molecule has 3 rings (SSSR count). The molecule has 2 nitrogen and oxygen atoms in total. The molecule has 84 valence electrons. The zero-order valence-electron chi connectivity index (χ0n) is 8.74. The van der Waals surface area contributed by atoms with Gasteiger partial charge in [-0.1, -0.05) is 6.07 Å². The van der Waals surface area contributed by atoms with Gasteiger partial charge in [-0.2, -0.15) is 0 Å². The molecule has 0 bridgehead atoms. The molecule has 0 saturated heterocycles. The maximum Gasteiger partial charge on any atom is 0.256 e. The first-order chi connectivity index (χ1) is 8.24. The number of carbonyl (C=O) groups is 1. The molecule has 17 heavy (non-hydrogen) atoms. The minimum Gasteiger partial charge on any atom is -0.321 e. The standard InChI is InChI=1S/C13H8INOS/c14-8-3-4-12-10(6-8)11(13(16)15-12)7-9-2-1-5-17-9/h1-7H,(H,15,16). The molecule has 0 atom stereocenters. The fraction of sp³-hybridized carbons (Fsp3) is 0. The second-order valence-corrected chi connectivity index (χ2v) is 5.94. The number of halogens is 1. The number of amides is 1. The molecule has 0 aliphatic carbocycles. The van der Waals surface area contributed by atoms with E-state index >= 15 is 0 Å². The summed E-state index contributed by atoms with van der Waals surface area (Å²) in [4.78, 5) is 13.0. The SMILES string of the molecule is O=C1Nc2ccc(I)cc2C1=Cc1cccs1. The van der Waals surface area contributed by atoms with E-state index in [2.05, 4.69) is 27.9 Å². The molecule has 2 aromatic rings. The van der Waals surface area contributed by atoms with Crippen molar-refractivity contribution in [3.8, 4) is 0 Å².